The highest BCUT2D eigenvalue weighted by Crippen LogP contribution is 2.35. The molecule has 0 aromatic heterocycles. The molecule has 0 aliphatic heterocycles. The third-order valence-electron chi connectivity index (χ3n) is 0.825. The fraction of sp³-hybridized carbons (Fsp3) is 0.500. The van der Waals surface area contributed by atoms with E-state index < -0.39 is 13.6 Å². The first-order chi connectivity index (χ1) is 5.45. The van der Waals surface area contributed by atoms with E-state index in [2.05, 4.69) is 15.8 Å². The monoisotopic (exact) mass is 194 g/mol. The van der Waals surface area contributed by atoms with Crippen LogP contribution in [-0.2, 0) is 18.6 Å². The second-order valence-corrected chi connectivity index (χ2v) is 3.87. The summed E-state index contributed by atoms with van der Waals surface area (Å²) in [5.74, 6) is -0.581. The smallest absolute Gasteiger partial charge is 0.330 e. The molecular weight excluding hydrogens is 183 g/mol. The lowest BCUT2D eigenvalue weighted by Gasteiger charge is -2.05. The van der Waals surface area contributed by atoms with Crippen molar-refractivity contribution in [2.24, 2.45) is 0 Å². The van der Waals surface area contributed by atoms with Crippen LogP contribution in [0.1, 0.15) is 0 Å². The first-order valence-corrected chi connectivity index (χ1v) is 5.22. The van der Waals surface area contributed by atoms with E-state index in [0.717, 1.165) is 12.7 Å². The standard InChI is InChI=1S/C6H11O5P/c1-3-6(7)10-4-5-11-12(2,8)9/h3H,1,4-5H2,2H3,(H,8,9). The van der Waals surface area contributed by atoms with Crippen LogP contribution < -0.4 is 0 Å². The fourth-order valence-corrected chi connectivity index (χ4v) is 0.821. The maximum Gasteiger partial charge on any atom is 0.330 e. The van der Waals surface area contributed by atoms with E-state index >= 15 is 0 Å². The highest BCUT2D eigenvalue weighted by Gasteiger charge is 2.09. The Morgan fingerprint density at radius 3 is 2.67 bits per heavy atom. The molecule has 0 radical (unpaired) electrons. The van der Waals surface area contributed by atoms with Crippen molar-refractivity contribution in [2.75, 3.05) is 19.9 Å². The van der Waals surface area contributed by atoms with E-state index in [9.17, 15) is 9.36 Å². The molecule has 0 saturated heterocycles. The topological polar surface area (TPSA) is 72.8 Å². The van der Waals surface area contributed by atoms with Crippen molar-refractivity contribution >= 4 is 13.6 Å². The van der Waals surface area contributed by atoms with Crippen molar-refractivity contribution in [3.05, 3.63) is 12.7 Å². The molecule has 0 aliphatic rings. The van der Waals surface area contributed by atoms with Crippen LogP contribution in [0.15, 0.2) is 12.7 Å². The van der Waals surface area contributed by atoms with E-state index in [1.807, 2.05) is 0 Å². The molecule has 0 saturated carbocycles. The van der Waals surface area contributed by atoms with Crippen LogP contribution >= 0.6 is 7.60 Å². The SMILES string of the molecule is C=CC(=O)OCCOP(C)(=O)O. The van der Waals surface area contributed by atoms with Crippen LogP contribution in [0, 0.1) is 0 Å². The molecule has 5 nitrogen and oxygen atoms in total. The summed E-state index contributed by atoms with van der Waals surface area (Å²) >= 11 is 0. The molecular formula is C6H11O5P. The Hall–Kier alpha value is -0.640. The summed E-state index contributed by atoms with van der Waals surface area (Å²) in [6.45, 7) is 4.08. The minimum Gasteiger partial charge on any atom is -0.460 e. The second kappa shape index (κ2) is 5.09. The Labute approximate surface area is 70.5 Å². The maximum absolute atomic E-state index is 10.5. The molecule has 0 aliphatic carbocycles. The predicted molar refractivity (Wildman–Crippen MR) is 42.9 cm³/mol. The van der Waals surface area contributed by atoms with Gasteiger partial charge in [-0.1, -0.05) is 6.58 Å². The molecule has 0 rings (SSSR count). The van der Waals surface area contributed by atoms with Crippen molar-refractivity contribution in [3.63, 3.8) is 0 Å². The molecule has 0 fully saturated rings. The van der Waals surface area contributed by atoms with Gasteiger partial charge in [0.05, 0.1) is 6.61 Å². The molecule has 0 aromatic rings. The summed E-state index contributed by atoms with van der Waals surface area (Å²) in [7, 11) is -3.45. The van der Waals surface area contributed by atoms with Gasteiger partial charge in [-0.2, -0.15) is 0 Å². The number of carbonyl (C=O) groups excluding carboxylic acids is 1. The van der Waals surface area contributed by atoms with Gasteiger partial charge in [-0.3, -0.25) is 4.57 Å². The zero-order chi connectivity index (χ0) is 9.61. The molecule has 0 spiro atoms. The summed E-state index contributed by atoms with van der Waals surface area (Å²) in [5.41, 5.74) is 0. The number of ether oxygens (including phenoxy) is 1. The van der Waals surface area contributed by atoms with Crippen molar-refractivity contribution in [1.82, 2.24) is 0 Å². The average molecular weight is 194 g/mol. The largest absolute Gasteiger partial charge is 0.460 e. The van der Waals surface area contributed by atoms with E-state index in [4.69, 9.17) is 4.89 Å². The number of hydrogen-bond donors (Lipinski definition) is 1. The summed E-state index contributed by atoms with van der Waals surface area (Å²) in [5, 5.41) is 0. The van der Waals surface area contributed by atoms with E-state index in [-0.39, 0.29) is 13.2 Å². The Bertz CT molecular complexity index is 206. The lowest BCUT2D eigenvalue weighted by Crippen LogP contribution is -2.07. The molecule has 6 heteroatoms. The summed E-state index contributed by atoms with van der Waals surface area (Å²) in [6.07, 6.45) is 1.00. The van der Waals surface area contributed by atoms with Gasteiger partial charge in [0.2, 0.25) is 0 Å². The van der Waals surface area contributed by atoms with Crippen LogP contribution in [0.25, 0.3) is 0 Å². The molecule has 0 bridgehead atoms. The average Bonchev–Trinajstić information content (AvgIpc) is 1.96. The first kappa shape index (κ1) is 11.4. The van der Waals surface area contributed by atoms with Crippen molar-refractivity contribution in [2.45, 2.75) is 0 Å². The molecule has 12 heavy (non-hydrogen) atoms. The molecule has 1 atom stereocenters. The zero-order valence-corrected chi connectivity index (χ0v) is 7.62. The van der Waals surface area contributed by atoms with Crippen LogP contribution in [-0.4, -0.2) is 30.7 Å². The molecule has 1 unspecified atom stereocenters. The Balaban J connectivity index is 3.40. The number of esters is 1. The molecule has 70 valence electrons. The highest BCUT2D eigenvalue weighted by molar-refractivity contribution is 7.51. The molecule has 0 heterocycles. The third kappa shape index (κ3) is 7.47. The van der Waals surface area contributed by atoms with Gasteiger partial charge < -0.3 is 14.2 Å². The quantitative estimate of drug-likeness (QED) is 0.299. The highest BCUT2D eigenvalue weighted by atomic mass is 31.2. The number of carbonyl (C=O) groups is 1. The first-order valence-electron chi connectivity index (χ1n) is 3.19. The minimum absolute atomic E-state index is 0.0523. The minimum atomic E-state index is -3.45. The summed E-state index contributed by atoms with van der Waals surface area (Å²) in [6, 6.07) is 0. The fourth-order valence-electron chi connectivity index (χ4n) is 0.408. The maximum atomic E-state index is 10.5. The van der Waals surface area contributed by atoms with Crippen molar-refractivity contribution in [3.8, 4) is 0 Å². The summed E-state index contributed by atoms with van der Waals surface area (Å²) in [4.78, 5) is 19.0. The lowest BCUT2D eigenvalue weighted by molar-refractivity contribution is -0.138. The van der Waals surface area contributed by atoms with Gasteiger partial charge in [0.25, 0.3) is 0 Å². The van der Waals surface area contributed by atoms with Gasteiger partial charge in [0, 0.05) is 12.7 Å². The van der Waals surface area contributed by atoms with E-state index in [1.54, 1.807) is 0 Å². The lowest BCUT2D eigenvalue weighted by atomic mass is 10.6. The van der Waals surface area contributed by atoms with Crippen molar-refractivity contribution < 1.29 is 23.5 Å². The van der Waals surface area contributed by atoms with Crippen LogP contribution in [0.5, 0.6) is 0 Å². The van der Waals surface area contributed by atoms with Gasteiger partial charge in [-0.25, -0.2) is 4.79 Å². The molecule has 0 amide bonds. The van der Waals surface area contributed by atoms with Crippen molar-refractivity contribution in [1.29, 1.82) is 0 Å². The predicted octanol–water partition coefficient (Wildman–Crippen LogP) is 0.547. The van der Waals surface area contributed by atoms with E-state index in [1.165, 1.54) is 0 Å². The Kier molecular flexibility index (Phi) is 4.81. The zero-order valence-electron chi connectivity index (χ0n) is 6.73. The van der Waals surface area contributed by atoms with Gasteiger partial charge in [-0.05, 0) is 0 Å². The van der Waals surface area contributed by atoms with Gasteiger partial charge in [0.1, 0.15) is 6.61 Å². The number of rotatable bonds is 5. The Morgan fingerprint density at radius 1 is 1.67 bits per heavy atom. The number of hydrogen-bond acceptors (Lipinski definition) is 4. The van der Waals surface area contributed by atoms with Crippen LogP contribution in [0.3, 0.4) is 0 Å². The molecule has 1 N–H and O–H groups in total. The van der Waals surface area contributed by atoms with Crippen LogP contribution in [0.2, 0.25) is 0 Å². The third-order valence-corrected chi connectivity index (χ3v) is 1.49. The van der Waals surface area contributed by atoms with Gasteiger partial charge in [0.15, 0.2) is 0 Å². The van der Waals surface area contributed by atoms with E-state index in [0.29, 0.717) is 0 Å². The van der Waals surface area contributed by atoms with Gasteiger partial charge >= 0.3 is 13.6 Å². The van der Waals surface area contributed by atoms with Crippen LogP contribution in [0.4, 0.5) is 0 Å². The second-order valence-electron chi connectivity index (χ2n) is 2.01. The summed E-state index contributed by atoms with van der Waals surface area (Å²) < 4.78 is 19.4. The van der Waals surface area contributed by atoms with Gasteiger partial charge in [-0.15, -0.1) is 0 Å². The Morgan fingerprint density at radius 2 is 2.25 bits per heavy atom. The molecule has 0 aromatic carbocycles. The normalized spacial score (nSPS) is 14.8.